The van der Waals surface area contributed by atoms with Crippen molar-refractivity contribution in [1.82, 2.24) is 30.1 Å². The van der Waals surface area contributed by atoms with E-state index in [1.807, 2.05) is 25.1 Å². The second-order valence-corrected chi connectivity index (χ2v) is 8.90. The first kappa shape index (κ1) is 22.4. The highest BCUT2D eigenvalue weighted by Crippen LogP contribution is 2.18. The van der Waals surface area contributed by atoms with Crippen LogP contribution in [0.5, 0.6) is 0 Å². The number of aromatic nitrogens is 5. The number of rotatable bonds is 8. The smallest absolute Gasteiger partial charge is 0.252 e. The monoisotopic (exact) mass is 462 g/mol. The van der Waals surface area contributed by atoms with Crippen molar-refractivity contribution in [2.24, 2.45) is 0 Å². The number of pyridine rings is 1. The molecule has 1 fully saturated rings. The quantitative estimate of drug-likeness (QED) is 0.432. The first-order valence-electron chi connectivity index (χ1n) is 11.5. The fourth-order valence-corrected chi connectivity index (χ4v) is 4.40. The number of benzene rings is 2. The molecule has 9 heteroatoms. The first-order chi connectivity index (χ1) is 16.5. The van der Waals surface area contributed by atoms with E-state index in [1.54, 1.807) is 16.8 Å². The van der Waals surface area contributed by atoms with Crippen LogP contribution in [0.15, 0.2) is 53.3 Å². The molecular weight excluding hydrogens is 435 g/mol. The minimum atomic E-state index is -0.280. The van der Waals surface area contributed by atoms with Gasteiger partial charge in [-0.05, 0) is 71.5 Å². The first-order valence-corrected chi connectivity index (χ1v) is 11.5. The van der Waals surface area contributed by atoms with Crippen LogP contribution >= 0.6 is 0 Å². The summed E-state index contributed by atoms with van der Waals surface area (Å²) in [6.07, 6.45) is 2.15. The molecule has 1 atom stereocenters. The standard InChI is InChI=1S/C25H27FN6O2/c1-17-4-9-23-19(11-17)12-20(25(33)27-23)14-31(13-18-5-7-21(26)8-6-18)16-24-28-29-30-32(24)15-22-3-2-10-34-22/h4-9,11-12,22H,2-3,10,13-16H2,1H3,(H,27,33). The molecule has 8 nitrogen and oxygen atoms in total. The molecule has 176 valence electrons. The van der Waals surface area contributed by atoms with Crippen molar-refractivity contribution in [3.05, 3.63) is 87.2 Å². The molecule has 1 saturated heterocycles. The number of H-pyrrole nitrogens is 1. The normalized spacial score (nSPS) is 16.0. The molecule has 4 aromatic rings. The van der Waals surface area contributed by atoms with E-state index in [0.29, 0.717) is 37.6 Å². The van der Waals surface area contributed by atoms with Crippen LogP contribution in [0.25, 0.3) is 10.9 Å². The summed E-state index contributed by atoms with van der Waals surface area (Å²) in [5, 5.41) is 13.3. The van der Waals surface area contributed by atoms with Crippen molar-refractivity contribution in [2.45, 2.75) is 52.0 Å². The average Bonchev–Trinajstić information content (AvgIpc) is 3.49. The number of nitrogens with zero attached hydrogens (tertiary/aromatic N) is 5. The number of tetrazole rings is 1. The summed E-state index contributed by atoms with van der Waals surface area (Å²) >= 11 is 0. The average molecular weight is 463 g/mol. The Kier molecular flexibility index (Phi) is 6.46. The van der Waals surface area contributed by atoms with E-state index < -0.39 is 0 Å². The Morgan fingerprint density at radius 3 is 2.79 bits per heavy atom. The summed E-state index contributed by atoms with van der Waals surface area (Å²) in [5.41, 5.74) is 3.40. The van der Waals surface area contributed by atoms with Crippen molar-refractivity contribution in [3.63, 3.8) is 0 Å². The number of aryl methyl sites for hydroxylation is 1. The number of halogens is 1. The van der Waals surface area contributed by atoms with Gasteiger partial charge in [0.2, 0.25) is 0 Å². The zero-order valence-electron chi connectivity index (χ0n) is 19.1. The fraction of sp³-hybridized carbons (Fsp3) is 0.360. The highest BCUT2D eigenvalue weighted by atomic mass is 19.1. The van der Waals surface area contributed by atoms with E-state index in [9.17, 15) is 9.18 Å². The lowest BCUT2D eigenvalue weighted by molar-refractivity contribution is 0.0914. The predicted octanol–water partition coefficient (Wildman–Crippen LogP) is 3.34. The van der Waals surface area contributed by atoms with Crippen LogP contribution in [0.1, 0.15) is 35.4 Å². The van der Waals surface area contributed by atoms with Crippen LogP contribution in [0.2, 0.25) is 0 Å². The minimum absolute atomic E-state index is 0.111. The third kappa shape index (κ3) is 5.21. The van der Waals surface area contributed by atoms with Crippen LogP contribution in [-0.4, -0.2) is 42.8 Å². The van der Waals surface area contributed by atoms with Gasteiger partial charge in [-0.2, -0.15) is 0 Å². The lowest BCUT2D eigenvalue weighted by Crippen LogP contribution is -2.29. The Labute approximate surface area is 196 Å². The molecule has 2 aromatic carbocycles. The third-order valence-electron chi connectivity index (χ3n) is 6.16. The van der Waals surface area contributed by atoms with Gasteiger partial charge in [0.25, 0.3) is 5.56 Å². The molecule has 0 spiro atoms. The zero-order valence-corrected chi connectivity index (χ0v) is 19.1. The number of aromatic amines is 1. The highest BCUT2D eigenvalue weighted by molar-refractivity contribution is 5.79. The number of fused-ring (bicyclic) bond motifs is 1. The largest absolute Gasteiger partial charge is 0.376 e. The maximum absolute atomic E-state index is 13.5. The van der Waals surface area contributed by atoms with Gasteiger partial charge in [0, 0.05) is 30.8 Å². The van der Waals surface area contributed by atoms with Gasteiger partial charge in [0.15, 0.2) is 5.82 Å². The Balaban J connectivity index is 1.42. The van der Waals surface area contributed by atoms with Gasteiger partial charge >= 0.3 is 0 Å². The lowest BCUT2D eigenvalue weighted by Gasteiger charge is -2.22. The summed E-state index contributed by atoms with van der Waals surface area (Å²) < 4.78 is 21.0. The van der Waals surface area contributed by atoms with E-state index >= 15 is 0 Å². The van der Waals surface area contributed by atoms with Crippen LogP contribution in [0, 0.1) is 12.7 Å². The van der Waals surface area contributed by atoms with Crippen molar-refractivity contribution < 1.29 is 9.13 Å². The molecule has 5 rings (SSSR count). The third-order valence-corrected chi connectivity index (χ3v) is 6.16. The second-order valence-electron chi connectivity index (χ2n) is 8.90. The van der Waals surface area contributed by atoms with Gasteiger partial charge < -0.3 is 9.72 Å². The minimum Gasteiger partial charge on any atom is -0.376 e. The van der Waals surface area contributed by atoms with Gasteiger partial charge in [0.1, 0.15) is 5.82 Å². The molecule has 34 heavy (non-hydrogen) atoms. The molecule has 1 aliphatic heterocycles. The van der Waals surface area contributed by atoms with Crippen LogP contribution in [0.4, 0.5) is 4.39 Å². The summed E-state index contributed by atoms with van der Waals surface area (Å²) in [6, 6.07) is 14.3. The van der Waals surface area contributed by atoms with Gasteiger partial charge in [-0.15, -0.1) is 5.10 Å². The van der Waals surface area contributed by atoms with E-state index in [-0.39, 0.29) is 17.5 Å². The number of hydrogen-bond acceptors (Lipinski definition) is 6. The van der Waals surface area contributed by atoms with E-state index in [2.05, 4.69) is 31.5 Å². The molecule has 1 aliphatic rings. The van der Waals surface area contributed by atoms with E-state index in [4.69, 9.17) is 4.74 Å². The van der Waals surface area contributed by atoms with Crippen molar-refractivity contribution in [2.75, 3.05) is 6.61 Å². The maximum Gasteiger partial charge on any atom is 0.252 e. The topological polar surface area (TPSA) is 88.9 Å². The van der Waals surface area contributed by atoms with Crippen molar-refractivity contribution in [3.8, 4) is 0 Å². The van der Waals surface area contributed by atoms with Crippen molar-refractivity contribution in [1.29, 1.82) is 0 Å². The van der Waals surface area contributed by atoms with Crippen LogP contribution < -0.4 is 5.56 Å². The molecular formula is C25H27FN6O2. The molecule has 2 aromatic heterocycles. The van der Waals surface area contributed by atoms with Gasteiger partial charge in [-0.25, -0.2) is 9.07 Å². The SMILES string of the molecule is Cc1ccc2[nH]c(=O)c(CN(Cc3ccc(F)cc3)Cc3nnnn3CC3CCCO3)cc2c1. The molecule has 1 unspecified atom stereocenters. The number of hydrogen-bond donors (Lipinski definition) is 1. The van der Waals surface area contributed by atoms with Crippen LogP contribution in [0.3, 0.4) is 0 Å². The maximum atomic E-state index is 13.5. The lowest BCUT2D eigenvalue weighted by atomic mass is 10.1. The van der Waals surface area contributed by atoms with E-state index in [0.717, 1.165) is 41.5 Å². The van der Waals surface area contributed by atoms with Gasteiger partial charge in [0.05, 0.1) is 19.2 Å². The molecule has 0 aliphatic carbocycles. The summed E-state index contributed by atoms with van der Waals surface area (Å²) in [4.78, 5) is 17.9. The number of ether oxygens (including phenoxy) is 1. The van der Waals surface area contributed by atoms with Gasteiger partial charge in [-0.1, -0.05) is 23.8 Å². The van der Waals surface area contributed by atoms with Gasteiger partial charge in [-0.3, -0.25) is 9.69 Å². The molecule has 0 saturated carbocycles. The molecule has 3 heterocycles. The molecule has 0 amide bonds. The fourth-order valence-electron chi connectivity index (χ4n) is 4.40. The van der Waals surface area contributed by atoms with Crippen molar-refractivity contribution >= 4 is 10.9 Å². The molecule has 0 radical (unpaired) electrons. The Morgan fingerprint density at radius 2 is 2.00 bits per heavy atom. The summed E-state index contributed by atoms with van der Waals surface area (Å²) in [7, 11) is 0. The number of nitrogens with one attached hydrogen (secondary N) is 1. The summed E-state index contributed by atoms with van der Waals surface area (Å²) in [6.45, 7) is 4.73. The Morgan fingerprint density at radius 1 is 1.15 bits per heavy atom. The highest BCUT2D eigenvalue weighted by Gasteiger charge is 2.21. The Bertz CT molecular complexity index is 1330. The Hall–Kier alpha value is -3.43. The second kappa shape index (κ2) is 9.82. The summed E-state index contributed by atoms with van der Waals surface area (Å²) in [5.74, 6) is 0.419. The van der Waals surface area contributed by atoms with Crippen LogP contribution in [-0.2, 0) is 30.9 Å². The molecule has 1 N–H and O–H groups in total. The predicted molar refractivity (Wildman–Crippen MR) is 125 cm³/mol. The zero-order chi connectivity index (χ0) is 23.5. The van der Waals surface area contributed by atoms with E-state index in [1.165, 1.54) is 12.1 Å². The molecule has 0 bridgehead atoms.